The molecule has 0 aliphatic carbocycles. The number of hydrogen-bond donors (Lipinski definition) is 2. The highest BCUT2D eigenvalue weighted by atomic mass is 32.2. The summed E-state index contributed by atoms with van der Waals surface area (Å²) in [6.45, 7) is 2.14. The van der Waals surface area contributed by atoms with Crippen LogP contribution in [0.25, 0.3) is 0 Å². The zero-order chi connectivity index (χ0) is 11.8. The summed E-state index contributed by atoms with van der Waals surface area (Å²) < 4.78 is 0. The molecule has 0 fully saturated rings. The average molecular weight is 239 g/mol. The Kier molecular flexibility index (Phi) is 6.45. The maximum absolute atomic E-state index is 5.53. The predicted octanol–water partition coefficient (Wildman–Crippen LogP) is 1.77. The molecule has 0 spiro atoms. The molecule has 1 aromatic heterocycles. The largest absolute Gasteiger partial charge is 0.271 e. The molecule has 0 saturated heterocycles. The van der Waals surface area contributed by atoms with Crippen LogP contribution in [0.15, 0.2) is 18.3 Å². The third-order valence-electron chi connectivity index (χ3n) is 2.66. The minimum absolute atomic E-state index is 0.326. The topological polar surface area (TPSA) is 50.9 Å². The van der Waals surface area contributed by atoms with Crippen LogP contribution in [0.5, 0.6) is 0 Å². The van der Waals surface area contributed by atoms with Gasteiger partial charge in [0.25, 0.3) is 0 Å². The van der Waals surface area contributed by atoms with Gasteiger partial charge in [-0.3, -0.25) is 16.3 Å². The highest BCUT2D eigenvalue weighted by Gasteiger charge is 2.07. The molecule has 0 radical (unpaired) electrons. The predicted molar refractivity (Wildman–Crippen MR) is 71.4 cm³/mol. The number of aromatic nitrogens is 1. The molecule has 3 nitrogen and oxygen atoms in total. The molecule has 3 N–H and O–H groups in total. The third kappa shape index (κ3) is 4.51. The molecular weight excluding hydrogens is 218 g/mol. The Balaban J connectivity index is 2.49. The Bertz CT molecular complexity index is 287. The van der Waals surface area contributed by atoms with Crippen molar-refractivity contribution in [3.05, 3.63) is 29.6 Å². The van der Waals surface area contributed by atoms with E-state index in [2.05, 4.69) is 35.7 Å². The van der Waals surface area contributed by atoms with Crippen LogP contribution >= 0.6 is 11.8 Å². The fourth-order valence-electron chi connectivity index (χ4n) is 1.54. The summed E-state index contributed by atoms with van der Waals surface area (Å²) in [6.07, 6.45) is 7.09. The number of pyridine rings is 1. The first kappa shape index (κ1) is 13.5. The molecule has 0 aliphatic rings. The van der Waals surface area contributed by atoms with E-state index in [4.69, 9.17) is 5.84 Å². The molecule has 1 heterocycles. The Morgan fingerprint density at radius 2 is 2.31 bits per heavy atom. The van der Waals surface area contributed by atoms with Gasteiger partial charge in [0.1, 0.15) is 0 Å². The quantitative estimate of drug-likeness (QED) is 0.562. The van der Waals surface area contributed by atoms with Gasteiger partial charge in [-0.2, -0.15) is 11.8 Å². The van der Waals surface area contributed by atoms with Gasteiger partial charge in [-0.15, -0.1) is 0 Å². The lowest BCUT2D eigenvalue weighted by Gasteiger charge is -2.14. The van der Waals surface area contributed by atoms with E-state index in [9.17, 15) is 0 Å². The maximum Gasteiger partial charge on any atom is 0.0419 e. The van der Waals surface area contributed by atoms with Crippen LogP contribution in [0.1, 0.15) is 24.6 Å². The fraction of sp³-hybridized carbons (Fsp3) is 0.583. The normalized spacial score (nSPS) is 12.7. The lowest BCUT2D eigenvalue weighted by atomic mass is 10.1. The van der Waals surface area contributed by atoms with Gasteiger partial charge >= 0.3 is 0 Å². The first-order chi connectivity index (χ1) is 7.80. The zero-order valence-electron chi connectivity index (χ0n) is 10.1. The van der Waals surface area contributed by atoms with Crippen LogP contribution in [0.2, 0.25) is 0 Å². The number of aryl methyl sites for hydroxylation is 1. The number of hydrogen-bond acceptors (Lipinski definition) is 4. The summed E-state index contributed by atoms with van der Waals surface area (Å²) in [5, 5.41) is 0. The Hall–Kier alpha value is -0.580. The molecule has 0 saturated carbocycles. The van der Waals surface area contributed by atoms with Crippen molar-refractivity contribution in [1.29, 1.82) is 0 Å². The van der Waals surface area contributed by atoms with Gasteiger partial charge in [-0.05, 0) is 36.5 Å². The minimum Gasteiger partial charge on any atom is -0.271 e. The lowest BCUT2D eigenvalue weighted by molar-refractivity contribution is 0.509. The summed E-state index contributed by atoms with van der Waals surface area (Å²) in [5.74, 6) is 6.66. The number of thioether (sulfide) groups is 1. The van der Waals surface area contributed by atoms with E-state index in [1.807, 2.05) is 18.0 Å². The van der Waals surface area contributed by atoms with Crippen molar-refractivity contribution in [3.8, 4) is 0 Å². The summed E-state index contributed by atoms with van der Waals surface area (Å²) >= 11 is 1.85. The highest BCUT2D eigenvalue weighted by molar-refractivity contribution is 7.98. The molecule has 1 unspecified atom stereocenters. The number of nitrogens with one attached hydrogen (secondary N) is 1. The molecule has 0 aromatic carbocycles. The molecule has 0 amide bonds. The second-order valence-corrected chi connectivity index (χ2v) is 4.85. The molecular formula is C12H21N3S. The van der Waals surface area contributed by atoms with Gasteiger partial charge < -0.3 is 0 Å². The van der Waals surface area contributed by atoms with Crippen molar-refractivity contribution < 1.29 is 0 Å². The van der Waals surface area contributed by atoms with E-state index in [-0.39, 0.29) is 0 Å². The van der Waals surface area contributed by atoms with Gasteiger partial charge in [-0.1, -0.05) is 13.0 Å². The van der Waals surface area contributed by atoms with Gasteiger partial charge in [0, 0.05) is 24.4 Å². The first-order valence-electron chi connectivity index (χ1n) is 5.69. The van der Waals surface area contributed by atoms with Crippen LogP contribution < -0.4 is 11.3 Å². The second-order valence-electron chi connectivity index (χ2n) is 3.86. The average Bonchev–Trinajstić information content (AvgIpc) is 2.35. The molecule has 0 bridgehead atoms. The van der Waals surface area contributed by atoms with Gasteiger partial charge in [0.2, 0.25) is 0 Å². The summed E-state index contributed by atoms with van der Waals surface area (Å²) in [4.78, 5) is 4.44. The standard InChI is InChI=1S/C12H21N3S/c1-3-10-4-5-11(14-9-10)8-12(15-13)6-7-16-2/h4-5,9,12,15H,3,6-8,13H2,1-2H3. The Morgan fingerprint density at radius 3 is 2.81 bits per heavy atom. The van der Waals surface area contributed by atoms with E-state index < -0.39 is 0 Å². The van der Waals surface area contributed by atoms with Gasteiger partial charge in [0.05, 0.1) is 0 Å². The smallest absolute Gasteiger partial charge is 0.0419 e. The number of nitrogens with zero attached hydrogens (tertiary/aromatic N) is 1. The Labute approximate surface area is 102 Å². The summed E-state index contributed by atoms with van der Waals surface area (Å²) in [5.41, 5.74) is 5.26. The molecule has 90 valence electrons. The van der Waals surface area contributed by atoms with E-state index in [1.54, 1.807) is 0 Å². The molecule has 4 heteroatoms. The molecule has 0 aliphatic heterocycles. The van der Waals surface area contributed by atoms with Gasteiger partial charge in [0.15, 0.2) is 0 Å². The third-order valence-corrected chi connectivity index (χ3v) is 3.30. The van der Waals surface area contributed by atoms with Crippen molar-refractivity contribution in [2.45, 2.75) is 32.2 Å². The summed E-state index contributed by atoms with van der Waals surface area (Å²) in [7, 11) is 0. The Morgan fingerprint density at radius 1 is 1.50 bits per heavy atom. The van der Waals surface area contributed by atoms with Crippen molar-refractivity contribution in [2.75, 3.05) is 12.0 Å². The van der Waals surface area contributed by atoms with E-state index in [0.717, 1.165) is 30.7 Å². The fourth-order valence-corrected chi connectivity index (χ4v) is 2.06. The van der Waals surface area contributed by atoms with Crippen LogP contribution in [-0.4, -0.2) is 23.0 Å². The van der Waals surface area contributed by atoms with Crippen LogP contribution in [0.3, 0.4) is 0 Å². The number of hydrazine groups is 1. The molecule has 1 atom stereocenters. The zero-order valence-corrected chi connectivity index (χ0v) is 10.9. The monoisotopic (exact) mass is 239 g/mol. The van der Waals surface area contributed by atoms with Gasteiger partial charge in [-0.25, -0.2) is 0 Å². The summed E-state index contributed by atoms with van der Waals surface area (Å²) in [6, 6.07) is 4.57. The van der Waals surface area contributed by atoms with Crippen LogP contribution in [0.4, 0.5) is 0 Å². The minimum atomic E-state index is 0.326. The van der Waals surface area contributed by atoms with Crippen molar-refractivity contribution in [3.63, 3.8) is 0 Å². The van der Waals surface area contributed by atoms with E-state index >= 15 is 0 Å². The van der Waals surface area contributed by atoms with E-state index in [1.165, 1.54) is 5.56 Å². The highest BCUT2D eigenvalue weighted by Crippen LogP contribution is 2.07. The molecule has 16 heavy (non-hydrogen) atoms. The molecule has 1 aromatic rings. The van der Waals surface area contributed by atoms with Crippen molar-refractivity contribution >= 4 is 11.8 Å². The first-order valence-corrected chi connectivity index (χ1v) is 7.08. The maximum atomic E-state index is 5.53. The van der Waals surface area contributed by atoms with Crippen LogP contribution in [-0.2, 0) is 12.8 Å². The lowest BCUT2D eigenvalue weighted by Crippen LogP contribution is -2.37. The number of rotatable bonds is 7. The van der Waals surface area contributed by atoms with E-state index in [0.29, 0.717) is 6.04 Å². The second kappa shape index (κ2) is 7.65. The number of nitrogens with two attached hydrogens (primary N) is 1. The van der Waals surface area contributed by atoms with Crippen molar-refractivity contribution in [1.82, 2.24) is 10.4 Å². The SMILES string of the molecule is CCc1ccc(CC(CCSC)NN)nc1. The molecule has 1 rings (SSSR count). The van der Waals surface area contributed by atoms with Crippen molar-refractivity contribution in [2.24, 2.45) is 5.84 Å². The van der Waals surface area contributed by atoms with Crippen LogP contribution in [0, 0.1) is 0 Å².